The number of fused-ring (bicyclic) bond motifs is 1. The summed E-state index contributed by atoms with van der Waals surface area (Å²) >= 11 is 1.46. The van der Waals surface area contributed by atoms with E-state index >= 15 is 0 Å². The lowest BCUT2D eigenvalue weighted by Gasteiger charge is -2.05. The van der Waals surface area contributed by atoms with Crippen molar-refractivity contribution in [1.82, 2.24) is 8.96 Å². The van der Waals surface area contributed by atoms with Gasteiger partial charge in [-0.2, -0.15) is 0 Å². The van der Waals surface area contributed by atoms with E-state index in [9.17, 15) is 5.11 Å². The Kier molecular flexibility index (Phi) is 2.72. The standard InChI is InChI=1S/C14H12N2OS/c1-10-4-6-12(7-5-10)18-16-13(17)9-11-3-2-8-15-14(11)16/h2-9,17H,1H3. The van der Waals surface area contributed by atoms with Gasteiger partial charge in [-0.25, -0.2) is 8.96 Å². The highest BCUT2D eigenvalue weighted by molar-refractivity contribution is 7.98. The first-order valence-electron chi connectivity index (χ1n) is 5.64. The van der Waals surface area contributed by atoms with E-state index in [2.05, 4.69) is 24.0 Å². The normalized spacial score (nSPS) is 10.9. The van der Waals surface area contributed by atoms with Crippen LogP contribution in [0.4, 0.5) is 0 Å². The van der Waals surface area contributed by atoms with Gasteiger partial charge >= 0.3 is 0 Å². The number of hydrogen-bond donors (Lipinski definition) is 1. The quantitative estimate of drug-likeness (QED) is 0.761. The zero-order valence-corrected chi connectivity index (χ0v) is 10.7. The van der Waals surface area contributed by atoms with Crippen LogP contribution in [0.1, 0.15) is 5.56 Å². The van der Waals surface area contributed by atoms with Gasteiger partial charge in [-0.3, -0.25) is 0 Å². The third-order valence-electron chi connectivity index (χ3n) is 2.72. The summed E-state index contributed by atoms with van der Waals surface area (Å²) in [5.41, 5.74) is 2.00. The van der Waals surface area contributed by atoms with Crippen molar-refractivity contribution in [2.45, 2.75) is 11.8 Å². The molecule has 0 atom stereocenters. The number of aryl methyl sites for hydroxylation is 1. The topological polar surface area (TPSA) is 38.0 Å². The smallest absolute Gasteiger partial charge is 0.204 e. The molecule has 90 valence electrons. The molecule has 0 aliphatic carbocycles. The van der Waals surface area contributed by atoms with E-state index in [1.807, 2.05) is 24.3 Å². The first kappa shape index (κ1) is 11.2. The Hall–Kier alpha value is -1.94. The molecule has 4 heteroatoms. The van der Waals surface area contributed by atoms with Crippen LogP contribution >= 0.6 is 11.9 Å². The van der Waals surface area contributed by atoms with E-state index in [1.165, 1.54) is 17.5 Å². The minimum absolute atomic E-state index is 0.217. The molecular weight excluding hydrogens is 244 g/mol. The molecule has 3 aromatic rings. The van der Waals surface area contributed by atoms with Gasteiger partial charge in [0.25, 0.3) is 0 Å². The predicted octanol–water partition coefficient (Wildman–Crippen LogP) is 3.61. The molecule has 18 heavy (non-hydrogen) atoms. The Morgan fingerprint density at radius 1 is 1.17 bits per heavy atom. The van der Waals surface area contributed by atoms with Crippen molar-refractivity contribution in [3.05, 3.63) is 54.2 Å². The summed E-state index contributed by atoms with van der Waals surface area (Å²) in [6.07, 6.45) is 1.73. The summed E-state index contributed by atoms with van der Waals surface area (Å²) in [6, 6.07) is 13.7. The van der Waals surface area contributed by atoms with Crippen molar-refractivity contribution in [1.29, 1.82) is 0 Å². The second-order valence-corrected chi connectivity index (χ2v) is 5.14. The number of hydrogen-bond acceptors (Lipinski definition) is 3. The first-order chi connectivity index (χ1) is 8.74. The Bertz CT molecular complexity index is 689. The van der Waals surface area contributed by atoms with E-state index in [0.29, 0.717) is 0 Å². The van der Waals surface area contributed by atoms with Crippen LogP contribution < -0.4 is 0 Å². The van der Waals surface area contributed by atoms with Gasteiger partial charge in [0.2, 0.25) is 5.88 Å². The van der Waals surface area contributed by atoms with Crippen LogP contribution in [0.5, 0.6) is 5.88 Å². The molecule has 1 aromatic carbocycles. The molecule has 0 aliphatic heterocycles. The fourth-order valence-electron chi connectivity index (χ4n) is 1.79. The third kappa shape index (κ3) is 1.95. The molecule has 0 spiro atoms. The highest BCUT2D eigenvalue weighted by atomic mass is 32.2. The number of nitrogens with zero attached hydrogens (tertiary/aromatic N) is 2. The minimum atomic E-state index is 0.217. The predicted molar refractivity (Wildman–Crippen MR) is 73.8 cm³/mol. The molecule has 0 amide bonds. The maximum atomic E-state index is 9.95. The van der Waals surface area contributed by atoms with Crippen LogP contribution in [0.15, 0.2) is 53.6 Å². The second kappa shape index (κ2) is 4.38. The number of pyridine rings is 1. The van der Waals surface area contributed by atoms with E-state index in [-0.39, 0.29) is 5.88 Å². The maximum Gasteiger partial charge on any atom is 0.204 e. The maximum absolute atomic E-state index is 9.95. The monoisotopic (exact) mass is 256 g/mol. The molecule has 2 aromatic heterocycles. The summed E-state index contributed by atoms with van der Waals surface area (Å²) in [4.78, 5) is 5.37. The van der Waals surface area contributed by atoms with Gasteiger partial charge < -0.3 is 5.11 Å². The molecule has 3 nitrogen and oxygen atoms in total. The molecule has 0 saturated carbocycles. The lowest BCUT2D eigenvalue weighted by Crippen LogP contribution is -1.88. The van der Waals surface area contributed by atoms with Gasteiger partial charge in [0.1, 0.15) is 0 Å². The Balaban J connectivity index is 2.04. The fraction of sp³-hybridized carbons (Fsp3) is 0.0714. The fourth-order valence-corrected chi connectivity index (χ4v) is 2.65. The van der Waals surface area contributed by atoms with E-state index in [0.717, 1.165) is 15.9 Å². The van der Waals surface area contributed by atoms with Crippen LogP contribution in [0, 0.1) is 6.92 Å². The minimum Gasteiger partial charge on any atom is -0.494 e. The number of rotatable bonds is 2. The molecule has 0 bridgehead atoms. The number of aromatic nitrogens is 2. The molecule has 0 aliphatic rings. The second-order valence-electron chi connectivity index (χ2n) is 4.12. The van der Waals surface area contributed by atoms with Crippen molar-refractivity contribution in [2.24, 2.45) is 0 Å². The van der Waals surface area contributed by atoms with E-state index in [1.54, 1.807) is 16.2 Å². The molecule has 0 unspecified atom stereocenters. The molecule has 3 rings (SSSR count). The summed E-state index contributed by atoms with van der Waals surface area (Å²) < 4.78 is 1.74. The molecule has 0 saturated heterocycles. The van der Waals surface area contributed by atoms with Gasteiger partial charge in [-0.1, -0.05) is 17.7 Å². The molecule has 1 N–H and O–H groups in total. The Morgan fingerprint density at radius 3 is 2.72 bits per heavy atom. The van der Waals surface area contributed by atoms with Crippen LogP contribution in [-0.2, 0) is 0 Å². The molecule has 2 heterocycles. The van der Waals surface area contributed by atoms with Crippen LogP contribution in [0.3, 0.4) is 0 Å². The Morgan fingerprint density at radius 2 is 1.94 bits per heavy atom. The third-order valence-corrected chi connectivity index (χ3v) is 3.75. The summed E-state index contributed by atoms with van der Waals surface area (Å²) in [6.45, 7) is 2.05. The van der Waals surface area contributed by atoms with Crippen LogP contribution in [0.25, 0.3) is 11.0 Å². The van der Waals surface area contributed by atoms with Crippen LogP contribution in [-0.4, -0.2) is 14.1 Å². The largest absolute Gasteiger partial charge is 0.494 e. The Labute approximate surface area is 109 Å². The van der Waals surface area contributed by atoms with Gasteiger partial charge in [0.15, 0.2) is 5.65 Å². The molecular formula is C14H12N2OS. The highest BCUT2D eigenvalue weighted by Gasteiger charge is 2.09. The average Bonchev–Trinajstić information content (AvgIpc) is 2.69. The van der Waals surface area contributed by atoms with Crippen molar-refractivity contribution in [3.8, 4) is 5.88 Å². The summed E-state index contributed by atoms with van der Waals surface area (Å²) in [7, 11) is 0. The lowest BCUT2D eigenvalue weighted by atomic mass is 10.2. The van der Waals surface area contributed by atoms with E-state index < -0.39 is 0 Å². The van der Waals surface area contributed by atoms with E-state index in [4.69, 9.17) is 0 Å². The van der Waals surface area contributed by atoms with Crippen molar-refractivity contribution in [3.63, 3.8) is 0 Å². The van der Waals surface area contributed by atoms with Gasteiger partial charge in [0, 0.05) is 22.5 Å². The van der Waals surface area contributed by atoms with Crippen molar-refractivity contribution in [2.75, 3.05) is 0 Å². The highest BCUT2D eigenvalue weighted by Crippen LogP contribution is 2.31. The zero-order valence-electron chi connectivity index (χ0n) is 9.87. The van der Waals surface area contributed by atoms with Crippen LogP contribution in [0.2, 0.25) is 0 Å². The first-order valence-corrected chi connectivity index (χ1v) is 6.42. The van der Waals surface area contributed by atoms with Gasteiger partial charge in [0.05, 0.1) is 0 Å². The number of aromatic hydroxyl groups is 1. The lowest BCUT2D eigenvalue weighted by molar-refractivity contribution is 0.453. The zero-order chi connectivity index (χ0) is 12.5. The molecule has 0 fully saturated rings. The summed E-state index contributed by atoms with van der Waals surface area (Å²) in [5.74, 6) is 0.217. The summed E-state index contributed by atoms with van der Waals surface area (Å²) in [5, 5.41) is 10.9. The van der Waals surface area contributed by atoms with Crippen molar-refractivity contribution >= 4 is 23.0 Å². The van der Waals surface area contributed by atoms with Gasteiger partial charge in [-0.15, -0.1) is 0 Å². The average molecular weight is 256 g/mol. The number of benzene rings is 1. The molecule has 0 radical (unpaired) electrons. The van der Waals surface area contributed by atoms with Crippen molar-refractivity contribution < 1.29 is 5.11 Å². The van der Waals surface area contributed by atoms with Gasteiger partial charge in [-0.05, 0) is 43.1 Å². The SMILES string of the molecule is Cc1ccc(Sn2c(O)cc3cccnc32)cc1.